The Kier molecular flexibility index (Phi) is 3.69. The molecule has 30 heavy (non-hydrogen) atoms. The zero-order valence-corrected chi connectivity index (χ0v) is 16.6. The van der Waals surface area contributed by atoms with Crippen LogP contribution in [0.4, 0.5) is 0 Å². The van der Waals surface area contributed by atoms with Gasteiger partial charge in [-0.1, -0.05) is 6.07 Å². The molecule has 0 saturated carbocycles. The van der Waals surface area contributed by atoms with E-state index in [0.717, 1.165) is 5.56 Å². The van der Waals surface area contributed by atoms with Crippen molar-refractivity contribution < 1.29 is 10.2 Å². The van der Waals surface area contributed by atoms with E-state index < -0.39 is 0 Å². The standard InChI is InChI=1S/C21H19N7O2/c1-10-4-5-15(29)11(2)18(10)28-19(22)17-16-13(23-8-24-20(16)28)6-12(26-21(17)30)14-7-27(3)9-25-14/h4-9,22,29-30H,1-3H3,(H,23,24). The molecule has 150 valence electrons. The Bertz CT molecular complexity index is 1520. The van der Waals surface area contributed by atoms with E-state index in [1.54, 1.807) is 53.1 Å². The minimum atomic E-state index is -0.281. The molecule has 0 amide bonds. The van der Waals surface area contributed by atoms with E-state index in [1.807, 2.05) is 14.0 Å². The first-order valence-corrected chi connectivity index (χ1v) is 9.31. The molecule has 9 heteroatoms. The molecule has 0 aliphatic heterocycles. The van der Waals surface area contributed by atoms with Crippen LogP contribution in [0.15, 0.2) is 37.1 Å². The number of aromatic hydroxyl groups is 2. The number of imidazole rings is 1. The van der Waals surface area contributed by atoms with E-state index in [1.165, 1.54) is 0 Å². The lowest BCUT2D eigenvalue weighted by Gasteiger charge is -2.13. The molecule has 4 N–H and O–H groups in total. The van der Waals surface area contributed by atoms with Gasteiger partial charge in [-0.2, -0.15) is 0 Å². The van der Waals surface area contributed by atoms with Gasteiger partial charge in [0, 0.05) is 18.8 Å². The van der Waals surface area contributed by atoms with Crippen molar-refractivity contribution in [3.8, 4) is 28.7 Å². The summed E-state index contributed by atoms with van der Waals surface area (Å²) in [5.41, 5.74) is 4.41. The Morgan fingerprint density at radius 2 is 1.87 bits per heavy atom. The van der Waals surface area contributed by atoms with Gasteiger partial charge in [0.05, 0.1) is 40.3 Å². The molecule has 0 unspecified atom stereocenters. The first-order valence-electron chi connectivity index (χ1n) is 9.31. The van der Waals surface area contributed by atoms with Crippen LogP contribution < -0.4 is 5.49 Å². The summed E-state index contributed by atoms with van der Waals surface area (Å²) in [5, 5.41) is 30.8. The lowest BCUT2D eigenvalue weighted by Crippen LogP contribution is -2.16. The molecule has 1 aromatic carbocycles. The average molecular weight is 401 g/mol. The second kappa shape index (κ2) is 6.18. The number of phenolic OH excluding ortho intramolecular Hbond substituents is 1. The van der Waals surface area contributed by atoms with Crippen LogP contribution in [0.3, 0.4) is 0 Å². The zero-order valence-electron chi connectivity index (χ0n) is 16.6. The highest BCUT2D eigenvalue weighted by molar-refractivity contribution is 6.08. The molecule has 0 bridgehead atoms. The maximum atomic E-state index is 10.9. The molecule has 4 heterocycles. The highest BCUT2D eigenvalue weighted by Crippen LogP contribution is 2.33. The van der Waals surface area contributed by atoms with Crippen LogP contribution in [-0.4, -0.2) is 39.3 Å². The third-order valence-electron chi connectivity index (χ3n) is 5.35. The number of hydrogen-bond acceptors (Lipinski definition) is 6. The Morgan fingerprint density at radius 3 is 2.60 bits per heavy atom. The molecule has 5 aromatic rings. The van der Waals surface area contributed by atoms with E-state index in [-0.39, 0.29) is 22.5 Å². The molecule has 4 aromatic heterocycles. The predicted molar refractivity (Wildman–Crippen MR) is 112 cm³/mol. The minimum absolute atomic E-state index is 0.0343. The Hall–Kier alpha value is -4.14. The van der Waals surface area contributed by atoms with Crippen LogP contribution in [0.5, 0.6) is 11.6 Å². The lowest BCUT2D eigenvalue weighted by atomic mass is 10.1. The van der Waals surface area contributed by atoms with Crippen LogP contribution in [0.1, 0.15) is 11.1 Å². The van der Waals surface area contributed by atoms with E-state index in [4.69, 9.17) is 5.41 Å². The van der Waals surface area contributed by atoms with Gasteiger partial charge in [-0.15, -0.1) is 0 Å². The van der Waals surface area contributed by atoms with Gasteiger partial charge in [-0.05, 0) is 31.5 Å². The van der Waals surface area contributed by atoms with Crippen molar-refractivity contribution in [2.45, 2.75) is 13.8 Å². The molecule has 9 nitrogen and oxygen atoms in total. The normalized spacial score (nSPS) is 11.6. The molecule has 0 atom stereocenters. The molecule has 5 rings (SSSR count). The van der Waals surface area contributed by atoms with Gasteiger partial charge >= 0.3 is 0 Å². The highest BCUT2D eigenvalue weighted by atomic mass is 16.3. The third kappa shape index (κ3) is 2.41. The van der Waals surface area contributed by atoms with E-state index in [2.05, 4.69) is 19.9 Å². The van der Waals surface area contributed by atoms with Gasteiger partial charge in [0.15, 0.2) is 5.65 Å². The predicted octanol–water partition coefficient (Wildman–Crippen LogP) is 2.81. The van der Waals surface area contributed by atoms with Gasteiger partial charge in [-0.3, -0.25) is 9.98 Å². The maximum Gasteiger partial charge on any atom is 0.223 e. The smallest absolute Gasteiger partial charge is 0.223 e. The van der Waals surface area contributed by atoms with Crippen molar-refractivity contribution in [2.75, 3.05) is 0 Å². The topological polar surface area (TPSA) is 129 Å². The molecule has 0 radical (unpaired) electrons. The summed E-state index contributed by atoms with van der Waals surface area (Å²) in [6.07, 6.45) is 5.00. The number of nitrogens with zero attached hydrogens (tertiary/aromatic N) is 5. The summed E-state index contributed by atoms with van der Waals surface area (Å²) in [6, 6.07) is 5.20. The fourth-order valence-electron chi connectivity index (χ4n) is 3.91. The fourth-order valence-corrected chi connectivity index (χ4v) is 3.91. The summed E-state index contributed by atoms with van der Waals surface area (Å²) in [4.78, 5) is 16.2. The molecular weight excluding hydrogens is 382 g/mol. The van der Waals surface area contributed by atoms with E-state index >= 15 is 0 Å². The summed E-state index contributed by atoms with van der Waals surface area (Å²) in [6.45, 7) is 3.69. The van der Waals surface area contributed by atoms with Gasteiger partial charge in [0.25, 0.3) is 0 Å². The van der Waals surface area contributed by atoms with Crippen molar-refractivity contribution in [2.24, 2.45) is 7.05 Å². The number of H-pyrrole nitrogens is 1. The second-order valence-electron chi connectivity index (χ2n) is 7.34. The molecule has 0 saturated heterocycles. The summed E-state index contributed by atoms with van der Waals surface area (Å²) >= 11 is 0. The van der Waals surface area contributed by atoms with Crippen molar-refractivity contribution in [1.82, 2.24) is 29.1 Å². The van der Waals surface area contributed by atoms with Crippen molar-refractivity contribution in [1.29, 1.82) is 5.41 Å². The quantitative estimate of drug-likeness (QED) is 0.362. The van der Waals surface area contributed by atoms with Crippen LogP contribution in [0.2, 0.25) is 0 Å². The first kappa shape index (κ1) is 17.9. The van der Waals surface area contributed by atoms with Gasteiger partial charge < -0.3 is 19.8 Å². The largest absolute Gasteiger partial charge is 0.508 e. The van der Waals surface area contributed by atoms with E-state index in [0.29, 0.717) is 39.2 Å². The number of phenols is 1. The lowest BCUT2D eigenvalue weighted by molar-refractivity contribution is 0.461. The summed E-state index contributed by atoms with van der Waals surface area (Å²) < 4.78 is 3.43. The molecule has 0 aliphatic carbocycles. The van der Waals surface area contributed by atoms with Crippen LogP contribution in [-0.2, 0) is 7.05 Å². The number of aromatic amines is 1. The fraction of sp³-hybridized carbons (Fsp3) is 0.143. The molecule has 0 fully saturated rings. The maximum absolute atomic E-state index is 10.9. The zero-order chi connectivity index (χ0) is 21.2. The third-order valence-corrected chi connectivity index (χ3v) is 5.35. The summed E-state index contributed by atoms with van der Waals surface area (Å²) in [5.74, 6) is -0.153. The Balaban J connectivity index is 1.95. The number of aromatic nitrogens is 6. The number of benzene rings is 1. The van der Waals surface area contributed by atoms with E-state index in [9.17, 15) is 10.2 Å². The van der Waals surface area contributed by atoms with Crippen LogP contribution in [0.25, 0.3) is 39.0 Å². The van der Waals surface area contributed by atoms with Gasteiger partial charge in [0.1, 0.15) is 16.9 Å². The number of aryl methyl sites for hydroxylation is 2. The van der Waals surface area contributed by atoms with Crippen molar-refractivity contribution >= 4 is 21.9 Å². The highest BCUT2D eigenvalue weighted by Gasteiger charge is 2.22. The Morgan fingerprint density at radius 1 is 1.07 bits per heavy atom. The number of nitrogens with one attached hydrogen (secondary N) is 2. The second-order valence-corrected chi connectivity index (χ2v) is 7.34. The summed E-state index contributed by atoms with van der Waals surface area (Å²) in [7, 11) is 1.85. The average Bonchev–Trinajstić information content (AvgIpc) is 3.22. The van der Waals surface area contributed by atoms with Gasteiger partial charge in [0.2, 0.25) is 5.88 Å². The Labute approximate surface area is 170 Å². The number of rotatable bonds is 2. The first-order chi connectivity index (χ1) is 14.4. The van der Waals surface area contributed by atoms with Crippen molar-refractivity contribution in [3.05, 3.63) is 53.7 Å². The van der Waals surface area contributed by atoms with Crippen LogP contribution in [0, 0.1) is 19.3 Å². The minimum Gasteiger partial charge on any atom is -0.508 e. The SMILES string of the molecule is Cc1ccc(O)c(C)c1-n1c(=N)c2c(O)nc(-c3cn(C)cn3)cc3[nH]cnc1c32. The van der Waals surface area contributed by atoms with Gasteiger partial charge in [-0.25, -0.2) is 15.0 Å². The monoisotopic (exact) mass is 401 g/mol. The number of hydrogen-bond donors (Lipinski definition) is 4. The molecular formula is C21H19N7O2. The molecule has 0 spiro atoms. The molecule has 0 aliphatic rings. The van der Waals surface area contributed by atoms with Crippen molar-refractivity contribution in [3.63, 3.8) is 0 Å². The van der Waals surface area contributed by atoms with Crippen LogP contribution >= 0.6 is 0 Å².